The monoisotopic (exact) mass is 365 g/mol. The molecule has 1 aromatic heterocycles. The average molecular weight is 366 g/mol. The molecule has 2 aromatic rings. The first-order valence-electron chi connectivity index (χ1n) is 6.56. The third-order valence-corrected chi connectivity index (χ3v) is 3.85. The van der Waals surface area contributed by atoms with Crippen LogP contribution in [-0.2, 0) is 11.3 Å². The molecule has 0 aliphatic carbocycles. The first-order chi connectivity index (χ1) is 10.5. The largest absolute Gasteiger partial charge is 0.461 e. The van der Waals surface area contributed by atoms with E-state index in [1.807, 2.05) is 6.07 Å². The van der Waals surface area contributed by atoms with Gasteiger partial charge in [-0.3, -0.25) is 4.68 Å². The minimum atomic E-state index is -0.518. The van der Waals surface area contributed by atoms with Crippen LogP contribution < -0.4 is 0 Å². The number of halogens is 2. The van der Waals surface area contributed by atoms with Crippen molar-refractivity contribution in [1.82, 2.24) is 9.78 Å². The van der Waals surface area contributed by atoms with Gasteiger partial charge < -0.3 is 4.74 Å². The van der Waals surface area contributed by atoms with Crippen LogP contribution in [0.3, 0.4) is 0 Å². The fourth-order valence-corrected chi connectivity index (χ4v) is 2.40. The highest BCUT2D eigenvalue weighted by Gasteiger charge is 2.21. The lowest BCUT2D eigenvalue weighted by molar-refractivity contribution is 0.0511. The second kappa shape index (κ2) is 6.71. The minimum Gasteiger partial charge on any atom is -0.461 e. The summed E-state index contributed by atoms with van der Waals surface area (Å²) in [6.07, 6.45) is 0. The molecule has 0 bridgehead atoms. The van der Waals surface area contributed by atoms with Gasteiger partial charge in [0.05, 0.1) is 24.8 Å². The molecular formula is C15H13BrFN3O2. The highest BCUT2D eigenvalue weighted by atomic mass is 79.9. The van der Waals surface area contributed by atoms with E-state index in [2.05, 4.69) is 21.0 Å². The number of esters is 1. The molecule has 0 aliphatic heterocycles. The van der Waals surface area contributed by atoms with E-state index in [1.54, 1.807) is 13.8 Å². The maximum absolute atomic E-state index is 13.9. The molecule has 0 unspecified atom stereocenters. The van der Waals surface area contributed by atoms with E-state index in [-0.39, 0.29) is 24.4 Å². The van der Waals surface area contributed by atoms with Gasteiger partial charge >= 0.3 is 5.97 Å². The number of rotatable bonds is 4. The molecule has 1 aromatic carbocycles. The first kappa shape index (κ1) is 16.2. The van der Waals surface area contributed by atoms with Gasteiger partial charge in [0, 0.05) is 11.1 Å². The van der Waals surface area contributed by atoms with Crippen LogP contribution in [-0.4, -0.2) is 22.4 Å². The molecule has 0 saturated heterocycles. The first-order valence-corrected chi connectivity index (χ1v) is 7.35. The van der Waals surface area contributed by atoms with Gasteiger partial charge in [-0.05, 0) is 48.0 Å². The average Bonchev–Trinajstić information content (AvgIpc) is 2.76. The second-order valence-corrected chi connectivity index (χ2v) is 5.31. The molecule has 1 heterocycles. The third-order valence-electron chi connectivity index (χ3n) is 3.09. The molecular weight excluding hydrogens is 353 g/mol. The van der Waals surface area contributed by atoms with E-state index in [0.717, 1.165) is 0 Å². The summed E-state index contributed by atoms with van der Waals surface area (Å²) in [6, 6.07) is 6.02. The Morgan fingerprint density at radius 3 is 2.91 bits per heavy atom. The summed E-state index contributed by atoms with van der Waals surface area (Å²) in [6.45, 7) is 3.70. The number of nitriles is 1. The normalized spacial score (nSPS) is 10.3. The Morgan fingerprint density at radius 1 is 1.55 bits per heavy atom. The zero-order valence-corrected chi connectivity index (χ0v) is 13.6. The molecule has 0 fully saturated rings. The number of carbonyl (C=O) groups is 1. The van der Waals surface area contributed by atoms with Crippen molar-refractivity contribution in [3.63, 3.8) is 0 Å². The summed E-state index contributed by atoms with van der Waals surface area (Å²) < 4.78 is 20.8. The van der Waals surface area contributed by atoms with Gasteiger partial charge in [0.25, 0.3) is 0 Å². The van der Waals surface area contributed by atoms with Crippen LogP contribution in [0.1, 0.15) is 34.1 Å². The van der Waals surface area contributed by atoms with Crippen molar-refractivity contribution >= 4 is 21.9 Å². The van der Waals surface area contributed by atoms with Gasteiger partial charge in [0.1, 0.15) is 10.4 Å². The molecule has 0 aliphatic rings. The maximum atomic E-state index is 13.9. The van der Waals surface area contributed by atoms with Crippen molar-refractivity contribution in [1.29, 1.82) is 5.26 Å². The lowest BCUT2D eigenvalue weighted by atomic mass is 10.1. The number of nitrogens with zero attached hydrogens (tertiary/aromatic N) is 3. The Bertz CT molecular complexity index is 765. The Labute approximate surface area is 135 Å². The molecule has 0 spiro atoms. The molecule has 0 radical (unpaired) electrons. The van der Waals surface area contributed by atoms with Crippen molar-refractivity contribution in [2.75, 3.05) is 6.61 Å². The SMILES string of the molecule is CCOC(=O)c1c(C)c(Br)nn1Cc1cc(C#N)ccc1F. The van der Waals surface area contributed by atoms with Crippen molar-refractivity contribution < 1.29 is 13.9 Å². The Morgan fingerprint density at radius 2 is 2.27 bits per heavy atom. The van der Waals surface area contributed by atoms with Crippen molar-refractivity contribution in [3.8, 4) is 6.07 Å². The molecule has 114 valence electrons. The molecule has 0 N–H and O–H groups in total. The summed E-state index contributed by atoms with van der Waals surface area (Å²) in [7, 11) is 0. The fourth-order valence-electron chi connectivity index (χ4n) is 2.02. The highest BCUT2D eigenvalue weighted by Crippen LogP contribution is 2.22. The number of hydrogen-bond acceptors (Lipinski definition) is 4. The number of hydrogen-bond donors (Lipinski definition) is 0. The van der Waals surface area contributed by atoms with E-state index in [4.69, 9.17) is 10.00 Å². The molecule has 7 heteroatoms. The van der Waals surface area contributed by atoms with E-state index in [9.17, 15) is 9.18 Å². The van der Waals surface area contributed by atoms with Gasteiger partial charge in [-0.25, -0.2) is 9.18 Å². The molecule has 0 saturated carbocycles. The van der Waals surface area contributed by atoms with Crippen LogP contribution in [0, 0.1) is 24.1 Å². The van der Waals surface area contributed by atoms with E-state index >= 15 is 0 Å². The van der Waals surface area contributed by atoms with Gasteiger partial charge in [-0.1, -0.05) is 0 Å². The van der Waals surface area contributed by atoms with Gasteiger partial charge in [0.2, 0.25) is 0 Å². The van der Waals surface area contributed by atoms with Crippen LogP contribution in [0.15, 0.2) is 22.8 Å². The van der Waals surface area contributed by atoms with Gasteiger partial charge in [0.15, 0.2) is 5.69 Å². The van der Waals surface area contributed by atoms with E-state index in [1.165, 1.54) is 22.9 Å². The lowest BCUT2D eigenvalue weighted by Gasteiger charge is -2.09. The van der Waals surface area contributed by atoms with Crippen LogP contribution in [0.25, 0.3) is 0 Å². The predicted molar refractivity (Wildman–Crippen MR) is 80.8 cm³/mol. The zero-order valence-electron chi connectivity index (χ0n) is 12.1. The summed E-state index contributed by atoms with van der Waals surface area (Å²) in [5, 5.41) is 13.1. The van der Waals surface area contributed by atoms with E-state index in [0.29, 0.717) is 15.7 Å². The fraction of sp³-hybridized carbons (Fsp3) is 0.267. The van der Waals surface area contributed by atoms with Crippen LogP contribution in [0.2, 0.25) is 0 Å². The summed E-state index contributed by atoms with van der Waals surface area (Å²) in [5.41, 5.74) is 1.50. The van der Waals surface area contributed by atoms with Crippen molar-refractivity contribution in [2.45, 2.75) is 20.4 Å². The number of ether oxygens (including phenoxy) is 1. The maximum Gasteiger partial charge on any atom is 0.356 e. The quantitative estimate of drug-likeness (QED) is 0.780. The second-order valence-electron chi connectivity index (χ2n) is 4.56. The molecule has 22 heavy (non-hydrogen) atoms. The molecule has 5 nitrogen and oxygen atoms in total. The number of carbonyl (C=O) groups excluding carboxylic acids is 1. The van der Waals surface area contributed by atoms with Crippen LogP contribution >= 0.6 is 15.9 Å². The summed E-state index contributed by atoms with van der Waals surface area (Å²) >= 11 is 3.26. The summed E-state index contributed by atoms with van der Waals surface area (Å²) in [5.74, 6) is -0.979. The molecule has 2 rings (SSSR count). The molecule has 0 atom stereocenters. The third kappa shape index (κ3) is 3.17. The van der Waals surface area contributed by atoms with Crippen molar-refractivity contribution in [2.24, 2.45) is 0 Å². The van der Waals surface area contributed by atoms with Gasteiger partial charge in [-0.2, -0.15) is 10.4 Å². The Kier molecular flexibility index (Phi) is 4.93. The predicted octanol–water partition coefficient (Wildman–Crippen LogP) is 3.19. The van der Waals surface area contributed by atoms with E-state index < -0.39 is 11.8 Å². The Balaban J connectivity index is 2.44. The number of benzene rings is 1. The Hall–Kier alpha value is -2.20. The topological polar surface area (TPSA) is 67.9 Å². The summed E-state index contributed by atoms with van der Waals surface area (Å²) in [4.78, 5) is 12.0. The standard InChI is InChI=1S/C15H13BrFN3O2/c1-3-22-15(21)13-9(2)14(16)19-20(13)8-11-6-10(7-18)4-5-12(11)17/h4-6H,3,8H2,1-2H3. The van der Waals surface area contributed by atoms with Crippen molar-refractivity contribution in [3.05, 3.63) is 51.0 Å². The molecule has 0 amide bonds. The minimum absolute atomic E-state index is 0.0297. The smallest absolute Gasteiger partial charge is 0.356 e. The van der Waals surface area contributed by atoms with Crippen LogP contribution in [0.5, 0.6) is 0 Å². The zero-order chi connectivity index (χ0) is 16.3. The van der Waals surface area contributed by atoms with Gasteiger partial charge in [-0.15, -0.1) is 0 Å². The highest BCUT2D eigenvalue weighted by molar-refractivity contribution is 9.10. The van der Waals surface area contributed by atoms with Crippen LogP contribution in [0.4, 0.5) is 4.39 Å². The lowest BCUT2D eigenvalue weighted by Crippen LogP contribution is -2.15. The number of aromatic nitrogens is 2.